The molecule has 42 heavy (non-hydrogen) atoms. The van der Waals surface area contributed by atoms with Crippen LogP contribution in [0.25, 0.3) is 0 Å². The van der Waals surface area contributed by atoms with Crippen LogP contribution in [0.1, 0.15) is 46.5 Å². The molecular formula is C31H42N6O5. The van der Waals surface area contributed by atoms with Gasteiger partial charge in [-0.2, -0.15) is 0 Å². The molecule has 0 bridgehead atoms. The van der Waals surface area contributed by atoms with Gasteiger partial charge in [0, 0.05) is 23.9 Å². The number of rotatable bonds is 9. The Labute approximate surface area is 246 Å². The van der Waals surface area contributed by atoms with Gasteiger partial charge in [-0.1, -0.05) is 32.1 Å². The van der Waals surface area contributed by atoms with Crippen LogP contribution in [0.5, 0.6) is 0 Å². The Bertz CT molecular complexity index is 1300. The summed E-state index contributed by atoms with van der Waals surface area (Å²) < 4.78 is 5.29. The first-order valence-electron chi connectivity index (χ1n) is 14.7. The molecule has 1 aromatic heterocycles. The van der Waals surface area contributed by atoms with E-state index in [0.717, 1.165) is 12.0 Å². The lowest BCUT2D eigenvalue weighted by Gasteiger charge is -2.62. The molecule has 226 valence electrons. The zero-order valence-electron chi connectivity index (χ0n) is 24.5. The minimum Gasteiger partial charge on any atom is -0.458 e. The number of aliphatic imine (C=N–C) groups is 2. The van der Waals surface area contributed by atoms with Gasteiger partial charge < -0.3 is 20.3 Å². The molecule has 5 unspecified atom stereocenters. The second-order valence-corrected chi connectivity index (χ2v) is 12.5. The van der Waals surface area contributed by atoms with Crippen LogP contribution < -0.4 is 16.0 Å². The van der Waals surface area contributed by atoms with Gasteiger partial charge in [0.25, 0.3) is 0 Å². The van der Waals surface area contributed by atoms with E-state index in [-0.39, 0.29) is 48.4 Å². The minimum absolute atomic E-state index is 0.0918. The SMILES string of the molecule is C=C1C(NC(C)C(=O)NC2=NCC=N2)CC2[C@](C)(CC[C@@H](O)[C@@]2(C)CO)C1CC(Nc1ccccn1)C1=CCOC1=O. The molecule has 1 amide bonds. The summed E-state index contributed by atoms with van der Waals surface area (Å²) in [5, 5.41) is 31.5. The molecule has 0 radical (unpaired) electrons. The Morgan fingerprint density at radius 3 is 2.76 bits per heavy atom. The first-order valence-corrected chi connectivity index (χ1v) is 14.7. The number of guanidine groups is 1. The minimum atomic E-state index is -0.750. The highest BCUT2D eigenvalue weighted by Crippen LogP contribution is 2.62. The molecule has 0 saturated heterocycles. The van der Waals surface area contributed by atoms with Crippen molar-refractivity contribution in [3.05, 3.63) is 48.2 Å². The number of fused-ring (bicyclic) bond motifs is 1. The predicted octanol–water partition coefficient (Wildman–Crippen LogP) is 1.99. The smallest absolute Gasteiger partial charge is 0.336 e. The summed E-state index contributed by atoms with van der Waals surface area (Å²) in [6.45, 7) is 11.0. The van der Waals surface area contributed by atoms with Gasteiger partial charge in [0.1, 0.15) is 12.4 Å². The molecule has 11 nitrogen and oxygen atoms in total. The topological polar surface area (TPSA) is 158 Å². The lowest BCUT2D eigenvalue weighted by atomic mass is 9.45. The molecule has 3 heterocycles. The van der Waals surface area contributed by atoms with Crippen molar-refractivity contribution in [3.63, 3.8) is 0 Å². The van der Waals surface area contributed by atoms with E-state index < -0.39 is 23.6 Å². The number of hydrogen-bond donors (Lipinski definition) is 5. The van der Waals surface area contributed by atoms with E-state index in [1.54, 1.807) is 19.3 Å². The Hall–Kier alpha value is -3.41. The van der Waals surface area contributed by atoms with Gasteiger partial charge in [-0.15, -0.1) is 0 Å². The Balaban J connectivity index is 1.47. The number of aliphatic hydroxyl groups excluding tert-OH is 2. The Morgan fingerprint density at radius 2 is 2.12 bits per heavy atom. The van der Waals surface area contributed by atoms with E-state index in [1.165, 1.54) is 0 Å². The van der Waals surface area contributed by atoms with Crippen LogP contribution in [0, 0.1) is 22.7 Å². The van der Waals surface area contributed by atoms with Crippen molar-refractivity contribution in [3.8, 4) is 0 Å². The second-order valence-electron chi connectivity index (χ2n) is 12.5. The number of esters is 1. The first-order chi connectivity index (χ1) is 20.1. The van der Waals surface area contributed by atoms with Gasteiger partial charge in [0.2, 0.25) is 11.9 Å². The summed E-state index contributed by atoms with van der Waals surface area (Å²) in [5.41, 5.74) is 0.397. The third kappa shape index (κ3) is 5.65. The maximum atomic E-state index is 13.0. The monoisotopic (exact) mass is 578 g/mol. The molecule has 5 N–H and O–H groups in total. The summed E-state index contributed by atoms with van der Waals surface area (Å²) in [5.74, 6) is 0.108. The number of carbonyl (C=O) groups excluding carboxylic acids is 2. The summed E-state index contributed by atoms with van der Waals surface area (Å²) in [7, 11) is 0. The molecule has 8 atom stereocenters. The summed E-state index contributed by atoms with van der Waals surface area (Å²) in [6, 6.07) is 4.31. The maximum Gasteiger partial charge on any atom is 0.336 e. The first kappa shape index (κ1) is 30.1. The predicted molar refractivity (Wildman–Crippen MR) is 160 cm³/mol. The Kier molecular flexibility index (Phi) is 8.63. The number of cyclic esters (lactones) is 1. The number of carbonyl (C=O) groups is 2. The molecular weight excluding hydrogens is 536 g/mol. The number of aromatic nitrogens is 1. The van der Waals surface area contributed by atoms with Crippen LogP contribution in [-0.2, 0) is 14.3 Å². The fourth-order valence-electron chi connectivity index (χ4n) is 7.50. The van der Waals surface area contributed by atoms with Gasteiger partial charge >= 0.3 is 5.97 Å². The highest BCUT2D eigenvalue weighted by molar-refractivity contribution is 6.04. The molecule has 11 heteroatoms. The average molecular weight is 579 g/mol. The zero-order valence-corrected chi connectivity index (χ0v) is 24.5. The lowest BCUT2D eigenvalue weighted by Crippen LogP contribution is -2.62. The lowest BCUT2D eigenvalue weighted by molar-refractivity contribution is -0.156. The number of nitrogens with one attached hydrogen (secondary N) is 3. The average Bonchev–Trinajstić information content (AvgIpc) is 3.66. The second kappa shape index (κ2) is 12.1. The largest absolute Gasteiger partial charge is 0.458 e. The van der Waals surface area contributed by atoms with Crippen molar-refractivity contribution in [2.75, 3.05) is 25.1 Å². The van der Waals surface area contributed by atoms with Gasteiger partial charge in [-0.3, -0.25) is 15.4 Å². The van der Waals surface area contributed by atoms with Crippen molar-refractivity contribution in [2.24, 2.45) is 32.7 Å². The van der Waals surface area contributed by atoms with E-state index in [4.69, 9.17) is 4.74 Å². The third-order valence-corrected chi connectivity index (χ3v) is 10.0. The molecule has 2 aliphatic heterocycles. The number of nitrogens with zero attached hydrogens (tertiary/aromatic N) is 3. The number of pyridine rings is 1. The standard InChI is InChI=1S/C31H42N6O5/c1-18-21(15-23(20-9-14-42-28(20)41)36-26-7-5-6-11-32-26)30(3)10-8-25(39)31(4,17-38)24(30)16-22(18)35-19(2)27(40)37-29-33-12-13-34-29/h5-7,9,11-12,19,21-25,35,38-39H,1,8,10,13-17H2,2-4H3,(H,32,36)(H,34,37,40)/t19?,21?,22?,23?,24?,25-,30-,31+/m1/s1. The van der Waals surface area contributed by atoms with Crippen LogP contribution >= 0.6 is 0 Å². The van der Waals surface area contributed by atoms with Gasteiger partial charge in [-0.25, -0.2) is 19.8 Å². The van der Waals surface area contributed by atoms with Crippen molar-refractivity contribution < 1.29 is 24.5 Å². The van der Waals surface area contributed by atoms with Gasteiger partial charge in [0.15, 0.2) is 0 Å². The van der Waals surface area contributed by atoms with Crippen molar-refractivity contribution in [1.82, 2.24) is 15.6 Å². The maximum absolute atomic E-state index is 13.0. The van der Waals surface area contributed by atoms with Crippen LogP contribution in [-0.4, -0.2) is 83.2 Å². The molecule has 0 aromatic carbocycles. The van der Waals surface area contributed by atoms with E-state index >= 15 is 0 Å². The molecule has 4 aliphatic rings. The number of amides is 1. The van der Waals surface area contributed by atoms with E-state index in [9.17, 15) is 19.8 Å². The van der Waals surface area contributed by atoms with Gasteiger partial charge in [0.05, 0.1) is 36.9 Å². The zero-order chi connectivity index (χ0) is 30.1. The number of hydrogen-bond acceptors (Lipinski definition) is 10. The summed E-state index contributed by atoms with van der Waals surface area (Å²) >= 11 is 0. The quantitative estimate of drug-likeness (QED) is 0.220. The Morgan fingerprint density at radius 1 is 1.31 bits per heavy atom. The van der Waals surface area contributed by atoms with Crippen LogP contribution in [0.4, 0.5) is 5.82 Å². The molecule has 2 aliphatic carbocycles. The highest BCUT2D eigenvalue weighted by atomic mass is 16.5. The fourth-order valence-corrected chi connectivity index (χ4v) is 7.50. The van der Waals surface area contributed by atoms with Crippen molar-refractivity contribution in [2.45, 2.75) is 70.7 Å². The van der Waals surface area contributed by atoms with Crippen molar-refractivity contribution >= 4 is 29.9 Å². The normalized spacial score (nSPS) is 33.7. The van der Waals surface area contributed by atoms with Crippen LogP contribution in [0.2, 0.25) is 0 Å². The number of aliphatic hydroxyl groups is 2. The molecule has 2 fully saturated rings. The fraction of sp³-hybridized carbons (Fsp3) is 0.581. The summed E-state index contributed by atoms with van der Waals surface area (Å²) in [4.78, 5) is 38.5. The molecule has 0 spiro atoms. The highest BCUT2D eigenvalue weighted by Gasteiger charge is 2.60. The van der Waals surface area contributed by atoms with E-state index in [2.05, 4.69) is 44.4 Å². The van der Waals surface area contributed by atoms with E-state index in [1.807, 2.05) is 31.2 Å². The molecule has 1 aromatic rings. The number of anilines is 1. The summed E-state index contributed by atoms with van der Waals surface area (Å²) in [6.07, 6.45) is 6.88. The third-order valence-electron chi connectivity index (χ3n) is 10.0. The van der Waals surface area contributed by atoms with E-state index in [0.29, 0.717) is 43.2 Å². The molecule has 5 rings (SSSR count). The van der Waals surface area contributed by atoms with Crippen LogP contribution in [0.15, 0.2) is 58.2 Å². The number of ether oxygens (including phenoxy) is 1. The van der Waals surface area contributed by atoms with Gasteiger partial charge in [-0.05, 0) is 68.1 Å². The van der Waals surface area contributed by atoms with Crippen LogP contribution in [0.3, 0.4) is 0 Å². The molecule has 2 saturated carbocycles. The van der Waals surface area contributed by atoms with Crippen molar-refractivity contribution in [1.29, 1.82) is 0 Å².